The molecule has 3 unspecified atom stereocenters. The van der Waals surface area contributed by atoms with Crippen LogP contribution in [0.5, 0.6) is 0 Å². The first-order chi connectivity index (χ1) is 13.2. The van der Waals surface area contributed by atoms with Crippen molar-refractivity contribution in [1.29, 1.82) is 0 Å². The summed E-state index contributed by atoms with van der Waals surface area (Å²) >= 11 is 0. The predicted octanol–water partition coefficient (Wildman–Crippen LogP) is 2.72. The molecule has 2 fully saturated rings. The summed E-state index contributed by atoms with van der Waals surface area (Å²) in [5, 5.41) is 1.96. The molecule has 1 saturated carbocycles. The van der Waals surface area contributed by atoms with Crippen LogP contribution in [0.3, 0.4) is 0 Å². The standard InChI is InChI=1S/C20H21FN6/c21-16-6-2-1-4-13(16)11-27-20-14(5-3-9-23-20)17(26-27)19-24-10-15(12-7-8-12)18(22)25-19/h1-6,9-10,12,14,17,20,26H,7-8,11H2,(H2,22,24,25). The molecule has 7 heteroatoms. The van der Waals surface area contributed by atoms with E-state index >= 15 is 0 Å². The lowest BCUT2D eigenvalue weighted by Gasteiger charge is -2.23. The average Bonchev–Trinajstić information content (AvgIpc) is 3.46. The molecule has 27 heavy (non-hydrogen) atoms. The monoisotopic (exact) mass is 364 g/mol. The Morgan fingerprint density at radius 2 is 2.11 bits per heavy atom. The molecule has 5 rings (SSSR count). The van der Waals surface area contributed by atoms with Crippen LogP contribution in [0.25, 0.3) is 0 Å². The van der Waals surface area contributed by atoms with E-state index in [-0.39, 0.29) is 23.9 Å². The van der Waals surface area contributed by atoms with E-state index in [2.05, 4.69) is 26.5 Å². The van der Waals surface area contributed by atoms with Crippen molar-refractivity contribution in [1.82, 2.24) is 20.4 Å². The fourth-order valence-corrected chi connectivity index (χ4v) is 3.88. The number of nitrogen functional groups attached to an aromatic ring is 1. The van der Waals surface area contributed by atoms with Gasteiger partial charge in [0.25, 0.3) is 0 Å². The largest absolute Gasteiger partial charge is 0.383 e. The van der Waals surface area contributed by atoms with Gasteiger partial charge in [0.05, 0.1) is 6.04 Å². The van der Waals surface area contributed by atoms with Gasteiger partial charge in [0, 0.05) is 36.0 Å². The van der Waals surface area contributed by atoms with Gasteiger partial charge in [0.15, 0.2) is 0 Å². The molecule has 3 heterocycles. The molecular weight excluding hydrogens is 343 g/mol. The van der Waals surface area contributed by atoms with Crippen molar-refractivity contribution in [2.45, 2.75) is 37.5 Å². The lowest BCUT2D eigenvalue weighted by Crippen LogP contribution is -2.37. The third kappa shape index (κ3) is 3.02. The molecule has 1 aliphatic carbocycles. The summed E-state index contributed by atoms with van der Waals surface area (Å²) in [5.41, 5.74) is 11.3. The fourth-order valence-electron chi connectivity index (χ4n) is 3.88. The number of nitrogens with one attached hydrogen (secondary N) is 1. The summed E-state index contributed by atoms with van der Waals surface area (Å²) in [6.45, 7) is 0.408. The number of nitrogens with zero attached hydrogens (tertiary/aromatic N) is 4. The van der Waals surface area contributed by atoms with Crippen LogP contribution in [0.2, 0.25) is 0 Å². The van der Waals surface area contributed by atoms with Crippen LogP contribution in [0, 0.1) is 11.7 Å². The number of aromatic nitrogens is 2. The highest BCUT2D eigenvalue weighted by Crippen LogP contribution is 2.42. The first-order valence-electron chi connectivity index (χ1n) is 9.29. The van der Waals surface area contributed by atoms with Gasteiger partial charge in [0.1, 0.15) is 23.6 Å². The maximum Gasteiger partial charge on any atom is 0.149 e. The number of hydrogen-bond donors (Lipinski definition) is 2. The number of rotatable bonds is 4. The van der Waals surface area contributed by atoms with Gasteiger partial charge in [-0.05, 0) is 30.9 Å². The molecule has 3 atom stereocenters. The molecule has 3 aliphatic rings. The van der Waals surface area contributed by atoms with Crippen LogP contribution in [0.4, 0.5) is 10.2 Å². The zero-order chi connectivity index (χ0) is 18.4. The number of aliphatic imine (C=N–C) groups is 1. The van der Waals surface area contributed by atoms with Crippen molar-refractivity contribution in [2.24, 2.45) is 10.9 Å². The second-order valence-electron chi connectivity index (χ2n) is 7.34. The molecule has 2 aliphatic heterocycles. The van der Waals surface area contributed by atoms with Gasteiger partial charge >= 0.3 is 0 Å². The molecule has 2 aromatic rings. The van der Waals surface area contributed by atoms with Crippen LogP contribution < -0.4 is 11.2 Å². The molecule has 1 aromatic carbocycles. The van der Waals surface area contributed by atoms with Crippen LogP contribution in [-0.4, -0.2) is 27.4 Å². The van der Waals surface area contributed by atoms with Crippen molar-refractivity contribution in [2.75, 3.05) is 5.73 Å². The maximum absolute atomic E-state index is 14.1. The molecule has 1 saturated heterocycles. The molecule has 0 radical (unpaired) electrons. The highest BCUT2D eigenvalue weighted by atomic mass is 19.1. The average molecular weight is 364 g/mol. The van der Waals surface area contributed by atoms with Crippen LogP contribution in [0.15, 0.2) is 47.6 Å². The number of dihydropyridines is 1. The minimum atomic E-state index is -0.219. The Balaban J connectivity index is 1.43. The number of hydrazine groups is 1. The number of fused-ring (bicyclic) bond motifs is 1. The van der Waals surface area contributed by atoms with Crippen molar-refractivity contribution in [3.8, 4) is 0 Å². The van der Waals surface area contributed by atoms with E-state index in [1.54, 1.807) is 18.3 Å². The second-order valence-corrected chi connectivity index (χ2v) is 7.34. The third-order valence-electron chi connectivity index (χ3n) is 5.47. The first kappa shape index (κ1) is 16.5. The number of nitrogens with two attached hydrogens (primary N) is 1. The van der Waals surface area contributed by atoms with Gasteiger partial charge in [-0.15, -0.1) is 0 Å². The van der Waals surface area contributed by atoms with Crippen molar-refractivity contribution >= 4 is 12.0 Å². The molecule has 0 spiro atoms. The van der Waals surface area contributed by atoms with E-state index in [9.17, 15) is 4.39 Å². The summed E-state index contributed by atoms with van der Waals surface area (Å²) in [5.74, 6) is 1.58. The molecule has 3 N–H and O–H groups in total. The number of hydrogen-bond acceptors (Lipinski definition) is 6. The Morgan fingerprint density at radius 1 is 1.26 bits per heavy atom. The Kier molecular flexibility index (Phi) is 3.98. The van der Waals surface area contributed by atoms with E-state index in [4.69, 9.17) is 5.73 Å². The van der Waals surface area contributed by atoms with Gasteiger partial charge in [-0.25, -0.2) is 24.8 Å². The SMILES string of the molecule is Nc1nc(C2NN(Cc3ccccc3F)C3N=CC=CC23)ncc1C1CC1. The zero-order valence-electron chi connectivity index (χ0n) is 14.8. The number of anilines is 1. The minimum Gasteiger partial charge on any atom is -0.383 e. The fraction of sp³-hybridized carbons (Fsp3) is 0.350. The topological polar surface area (TPSA) is 79.4 Å². The van der Waals surface area contributed by atoms with Gasteiger partial charge in [0.2, 0.25) is 0 Å². The first-order valence-corrected chi connectivity index (χ1v) is 9.29. The molecular formula is C20H21FN6. The summed E-state index contributed by atoms with van der Waals surface area (Å²) < 4.78 is 14.1. The number of halogens is 1. The summed E-state index contributed by atoms with van der Waals surface area (Å²) in [6.07, 6.45) is 9.87. The summed E-state index contributed by atoms with van der Waals surface area (Å²) in [6, 6.07) is 6.66. The van der Waals surface area contributed by atoms with Crippen LogP contribution in [-0.2, 0) is 6.54 Å². The van der Waals surface area contributed by atoms with Crippen molar-refractivity contribution in [3.63, 3.8) is 0 Å². The third-order valence-corrected chi connectivity index (χ3v) is 5.47. The van der Waals surface area contributed by atoms with E-state index in [0.29, 0.717) is 29.7 Å². The maximum atomic E-state index is 14.1. The number of allylic oxidation sites excluding steroid dienone is 1. The lowest BCUT2D eigenvalue weighted by molar-refractivity contribution is 0.166. The van der Waals surface area contributed by atoms with Crippen LogP contribution >= 0.6 is 0 Å². The lowest BCUT2D eigenvalue weighted by atomic mass is 9.96. The highest BCUT2D eigenvalue weighted by Gasteiger charge is 2.43. The minimum absolute atomic E-state index is 0.0629. The van der Waals surface area contributed by atoms with Gasteiger partial charge in [-0.3, -0.25) is 4.99 Å². The molecule has 138 valence electrons. The Morgan fingerprint density at radius 3 is 2.89 bits per heavy atom. The van der Waals surface area contributed by atoms with E-state index in [1.807, 2.05) is 23.3 Å². The Hall–Kier alpha value is -2.64. The van der Waals surface area contributed by atoms with E-state index in [0.717, 1.165) is 18.4 Å². The molecule has 0 bridgehead atoms. The van der Waals surface area contributed by atoms with Crippen molar-refractivity contribution < 1.29 is 4.39 Å². The Labute approximate surface area is 157 Å². The van der Waals surface area contributed by atoms with Crippen LogP contribution in [0.1, 0.15) is 41.8 Å². The smallest absolute Gasteiger partial charge is 0.149 e. The Bertz CT molecular complexity index is 922. The summed E-state index contributed by atoms with van der Waals surface area (Å²) in [7, 11) is 0. The second kappa shape index (κ2) is 6.51. The number of benzene rings is 1. The van der Waals surface area contributed by atoms with Gasteiger partial charge in [-0.1, -0.05) is 24.3 Å². The van der Waals surface area contributed by atoms with Crippen molar-refractivity contribution in [3.05, 3.63) is 65.4 Å². The molecule has 1 aromatic heterocycles. The van der Waals surface area contributed by atoms with Gasteiger partial charge in [-0.2, -0.15) is 0 Å². The predicted molar refractivity (Wildman–Crippen MR) is 101 cm³/mol. The van der Waals surface area contributed by atoms with E-state index < -0.39 is 0 Å². The van der Waals surface area contributed by atoms with Gasteiger partial charge < -0.3 is 5.73 Å². The highest BCUT2D eigenvalue weighted by molar-refractivity contribution is 5.72. The quantitative estimate of drug-likeness (QED) is 0.872. The zero-order valence-corrected chi connectivity index (χ0v) is 14.8. The summed E-state index contributed by atoms with van der Waals surface area (Å²) in [4.78, 5) is 13.8. The molecule has 0 amide bonds. The molecule has 6 nitrogen and oxygen atoms in total. The normalized spacial score (nSPS) is 27.1. The van der Waals surface area contributed by atoms with E-state index in [1.165, 1.54) is 6.07 Å².